The topological polar surface area (TPSA) is 30.5 Å². The van der Waals surface area contributed by atoms with E-state index in [0.29, 0.717) is 0 Å². The van der Waals surface area contributed by atoms with E-state index in [1.165, 1.54) is 0 Å². The molecular formula is C13H31NO2Si. The van der Waals surface area contributed by atoms with Gasteiger partial charge in [0.2, 0.25) is 0 Å². The largest absolute Gasteiger partial charge is 0.425 e. The molecule has 0 saturated carbocycles. The Hall–Kier alpha value is 0.0969. The van der Waals surface area contributed by atoms with E-state index in [2.05, 4.69) is 46.5 Å². The molecule has 0 aromatic heterocycles. The van der Waals surface area contributed by atoms with Gasteiger partial charge in [0, 0.05) is 24.8 Å². The van der Waals surface area contributed by atoms with Gasteiger partial charge in [0.1, 0.15) is 0 Å². The Labute approximate surface area is 109 Å². The van der Waals surface area contributed by atoms with Crippen molar-refractivity contribution in [1.82, 2.24) is 4.98 Å². The molecule has 0 aromatic carbocycles. The molecule has 0 aliphatic heterocycles. The molecule has 0 aliphatic rings. The molecule has 17 heavy (non-hydrogen) atoms. The number of hydrogen-bond donors (Lipinski definition) is 1. The Balaban J connectivity index is 4.67. The summed E-state index contributed by atoms with van der Waals surface area (Å²) in [4.78, 5) is 3.63. The molecule has 0 amide bonds. The van der Waals surface area contributed by atoms with Crippen LogP contribution >= 0.6 is 0 Å². The smallest absolute Gasteiger partial charge is 0.383 e. The Morgan fingerprint density at radius 3 is 1.65 bits per heavy atom. The molecule has 104 valence electrons. The third-order valence-electron chi connectivity index (χ3n) is 2.22. The maximum absolute atomic E-state index is 6.10. The SMILES string of the molecule is CCCO[Si](CCC)(NC(C)(C)C)OCCC. The summed E-state index contributed by atoms with van der Waals surface area (Å²) in [5.41, 5.74) is 0.0445. The third kappa shape index (κ3) is 7.92. The van der Waals surface area contributed by atoms with Crippen LogP contribution in [0, 0.1) is 0 Å². The van der Waals surface area contributed by atoms with E-state index in [4.69, 9.17) is 8.85 Å². The number of nitrogens with one attached hydrogen (secondary N) is 1. The van der Waals surface area contributed by atoms with Crippen LogP contribution in [0.5, 0.6) is 0 Å². The standard InChI is InChI=1S/C13H31NO2Si/c1-7-10-15-17(12-9-3,16-11-8-2)14-13(4,5)6/h14H,7-12H2,1-6H3. The molecule has 0 unspecified atom stereocenters. The fraction of sp³-hybridized carbons (Fsp3) is 1.00. The van der Waals surface area contributed by atoms with Crippen LogP contribution in [-0.4, -0.2) is 27.5 Å². The van der Waals surface area contributed by atoms with Crippen molar-refractivity contribution in [3.63, 3.8) is 0 Å². The fourth-order valence-electron chi connectivity index (χ4n) is 1.76. The van der Waals surface area contributed by atoms with Crippen LogP contribution in [0.3, 0.4) is 0 Å². The molecule has 0 bridgehead atoms. The summed E-state index contributed by atoms with van der Waals surface area (Å²) in [6.07, 6.45) is 3.18. The Kier molecular flexibility index (Phi) is 8.29. The zero-order valence-electron chi connectivity index (χ0n) is 12.6. The highest BCUT2D eigenvalue weighted by Gasteiger charge is 2.40. The quantitative estimate of drug-likeness (QED) is 0.644. The van der Waals surface area contributed by atoms with Gasteiger partial charge in [-0.15, -0.1) is 0 Å². The van der Waals surface area contributed by atoms with Crippen molar-refractivity contribution in [2.24, 2.45) is 0 Å². The summed E-state index contributed by atoms with van der Waals surface area (Å²) in [5, 5.41) is 0. The molecule has 1 N–H and O–H groups in total. The summed E-state index contributed by atoms with van der Waals surface area (Å²) in [7, 11) is -2.22. The summed E-state index contributed by atoms with van der Waals surface area (Å²) >= 11 is 0. The molecule has 0 fully saturated rings. The van der Waals surface area contributed by atoms with Crippen LogP contribution in [0.1, 0.15) is 60.8 Å². The van der Waals surface area contributed by atoms with E-state index < -0.39 is 8.72 Å². The highest BCUT2D eigenvalue weighted by molar-refractivity contribution is 6.65. The molecular weight excluding hydrogens is 230 g/mol. The predicted octanol–water partition coefficient (Wildman–Crippen LogP) is 3.58. The van der Waals surface area contributed by atoms with Gasteiger partial charge in [0.05, 0.1) is 0 Å². The maximum Gasteiger partial charge on any atom is 0.425 e. The second-order valence-corrected chi connectivity index (χ2v) is 8.41. The first-order valence-electron chi connectivity index (χ1n) is 6.96. The highest BCUT2D eigenvalue weighted by atomic mass is 28.4. The third-order valence-corrected chi connectivity index (χ3v) is 5.85. The summed E-state index contributed by atoms with van der Waals surface area (Å²) < 4.78 is 12.2. The van der Waals surface area contributed by atoms with E-state index in [1.807, 2.05) is 0 Å². The Morgan fingerprint density at radius 2 is 1.35 bits per heavy atom. The molecule has 0 saturated heterocycles. The lowest BCUT2D eigenvalue weighted by atomic mass is 10.1. The van der Waals surface area contributed by atoms with Gasteiger partial charge in [-0.05, 0) is 33.6 Å². The van der Waals surface area contributed by atoms with E-state index in [0.717, 1.165) is 38.5 Å². The van der Waals surface area contributed by atoms with Crippen molar-refractivity contribution in [3.8, 4) is 0 Å². The minimum atomic E-state index is -2.22. The molecule has 0 atom stereocenters. The van der Waals surface area contributed by atoms with Gasteiger partial charge in [0.25, 0.3) is 0 Å². The van der Waals surface area contributed by atoms with E-state index in [-0.39, 0.29) is 5.54 Å². The highest BCUT2D eigenvalue weighted by Crippen LogP contribution is 2.18. The van der Waals surface area contributed by atoms with Gasteiger partial charge in [-0.2, -0.15) is 0 Å². The lowest BCUT2D eigenvalue weighted by Gasteiger charge is -2.36. The van der Waals surface area contributed by atoms with Crippen molar-refractivity contribution in [2.75, 3.05) is 13.2 Å². The van der Waals surface area contributed by atoms with E-state index >= 15 is 0 Å². The van der Waals surface area contributed by atoms with Gasteiger partial charge in [-0.1, -0.05) is 27.2 Å². The predicted molar refractivity (Wildman–Crippen MR) is 76.2 cm³/mol. The van der Waals surface area contributed by atoms with Crippen molar-refractivity contribution >= 4 is 8.72 Å². The van der Waals surface area contributed by atoms with E-state index in [9.17, 15) is 0 Å². The minimum absolute atomic E-state index is 0.0445. The maximum atomic E-state index is 6.10. The summed E-state index contributed by atoms with van der Waals surface area (Å²) in [6, 6.07) is 1.02. The number of hydrogen-bond acceptors (Lipinski definition) is 3. The minimum Gasteiger partial charge on any atom is -0.383 e. The second kappa shape index (κ2) is 8.24. The summed E-state index contributed by atoms with van der Waals surface area (Å²) in [6.45, 7) is 14.6. The van der Waals surface area contributed by atoms with Crippen molar-refractivity contribution in [2.45, 2.75) is 72.4 Å². The van der Waals surface area contributed by atoms with Crippen molar-refractivity contribution in [3.05, 3.63) is 0 Å². The van der Waals surface area contributed by atoms with Gasteiger partial charge < -0.3 is 8.85 Å². The molecule has 0 rings (SSSR count). The van der Waals surface area contributed by atoms with Crippen molar-refractivity contribution in [1.29, 1.82) is 0 Å². The molecule has 4 heteroatoms. The first-order valence-corrected chi connectivity index (χ1v) is 8.98. The van der Waals surface area contributed by atoms with Crippen LogP contribution < -0.4 is 4.98 Å². The lowest BCUT2D eigenvalue weighted by molar-refractivity contribution is 0.146. The first-order chi connectivity index (χ1) is 7.89. The first kappa shape index (κ1) is 17.1. The van der Waals surface area contributed by atoms with Crippen LogP contribution in [0.25, 0.3) is 0 Å². The average Bonchev–Trinajstić information content (AvgIpc) is 2.22. The van der Waals surface area contributed by atoms with Crippen LogP contribution in [0.15, 0.2) is 0 Å². The van der Waals surface area contributed by atoms with Crippen LogP contribution in [-0.2, 0) is 8.85 Å². The normalized spacial score (nSPS) is 13.1. The average molecular weight is 261 g/mol. The second-order valence-electron chi connectivity index (χ2n) is 5.57. The van der Waals surface area contributed by atoms with Gasteiger partial charge >= 0.3 is 8.72 Å². The Bertz CT molecular complexity index is 184. The molecule has 0 aliphatic carbocycles. The van der Waals surface area contributed by atoms with Crippen molar-refractivity contribution < 1.29 is 8.85 Å². The zero-order valence-corrected chi connectivity index (χ0v) is 13.6. The molecule has 0 heterocycles. The van der Waals surface area contributed by atoms with E-state index in [1.54, 1.807) is 0 Å². The zero-order chi connectivity index (χ0) is 13.4. The van der Waals surface area contributed by atoms with Gasteiger partial charge in [0.15, 0.2) is 0 Å². The molecule has 0 radical (unpaired) electrons. The lowest BCUT2D eigenvalue weighted by Crippen LogP contribution is -2.62. The number of rotatable bonds is 9. The molecule has 0 spiro atoms. The fourth-order valence-corrected chi connectivity index (χ4v) is 5.27. The van der Waals surface area contributed by atoms with Gasteiger partial charge in [-0.3, -0.25) is 4.98 Å². The molecule has 0 aromatic rings. The monoisotopic (exact) mass is 261 g/mol. The van der Waals surface area contributed by atoms with Crippen LogP contribution in [0.2, 0.25) is 6.04 Å². The van der Waals surface area contributed by atoms with Gasteiger partial charge in [-0.25, -0.2) is 0 Å². The molecule has 3 nitrogen and oxygen atoms in total. The summed E-state index contributed by atoms with van der Waals surface area (Å²) in [5.74, 6) is 0. The van der Waals surface area contributed by atoms with Crippen LogP contribution in [0.4, 0.5) is 0 Å². The Morgan fingerprint density at radius 1 is 0.882 bits per heavy atom.